The predicted octanol–water partition coefficient (Wildman–Crippen LogP) is 0.804. The Bertz CT molecular complexity index is 557. The number of hydrogen-bond acceptors (Lipinski definition) is 5. The summed E-state index contributed by atoms with van der Waals surface area (Å²) < 4.78 is 4.60. The van der Waals surface area contributed by atoms with E-state index >= 15 is 0 Å². The predicted molar refractivity (Wildman–Crippen MR) is 95.9 cm³/mol. The number of nitrogens with one attached hydrogen (secondary N) is 2. The van der Waals surface area contributed by atoms with Gasteiger partial charge in [-0.3, -0.25) is 4.79 Å². The summed E-state index contributed by atoms with van der Waals surface area (Å²) in [7, 11) is 1.24. The van der Waals surface area contributed by atoms with Crippen LogP contribution < -0.4 is 16.4 Å². The lowest BCUT2D eigenvalue weighted by Crippen LogP contribution is -2.58. The molecule has 0 saturated heterocycles. The third-order valence-electron chi connectivity index (χ3n) is 3.91. The summed E-state index contributed by atoms with van der Waals surface area (Å²) in [5.74, 6) is -0.397. The number of amides is 2. The van der Waals surface area contributed by atoms with Gasteiger partial charge in [0.15, 0.2) is 0 Å². The van der Waals surface area contributed by atoms with E-state index in [0.29, 0.717) is 6.42 Å². The van der Waals surface area contributed by atoms with Crippen LogP contribution in [0.15, 0.2) is 30.3 Å². The van der Waals surface area contributed by atoms with Gasteiger partial charge in [-0.15, -0.1) is 0 Å². The fourth-order valence-corrected chi connectivity index (χ4v) is 2.43. The second-order valence-electron chi connectivity index (χ2n) is 7.04. The Morgan fingerprint density at radius 3 is 2.28 bits per heavy atom. The van der Waals surface area contributed by atoms with E-state index in [0.717, 1.165) is 5.56 Å². The van der Waals surface area contributed by atoms with Crippen LogP contribution in [0.2, 0.25) is 0 Å². The van der Waals surface area contributed by atoms with E-state index < -0.39 is 35.6 Å². The average molecular weight is 351 g/mol. The molecule has 0 bridgehead atoms. The number of rotatable bonds is 7. The summed E-state index contributed by atoms with van der Waals surface area (Å²) in [6.45, 7) is 5.51. The van der Waals surface area contributed by atoms with Crippen molar-refractivity contribution in [3.8, 4) is 0 Å². The number of hydrogen-bond donors (Lipinski definition) is 4. The highest BCUT2D eigenvalue weighted by Gasteiger charge is 2.35. The maximum Gasteiger partial charge on any atom is 0.407 e. The zero-order valence-corrected chi connectivity index (χ0v) is 15.3. The van der Waals surface area contributed by atoms with Crippen LogP contribution in [0.25, 0.3) is 0 Å². The molecule has 0 fully saturated rings. The van der Waals surface area contributed by atoms with E-state index in [1.807, 2.05) is 51.1 Å². The van der Waals surface area contributed by atoms with Crippen molar-refractivity contribution in [3.05, 3.63) is 35.9 Å². The Labute approximate surface area is 148 Å². The van der Waals surface area contributed by atoms with Crippen LogP contribution in [-0.4, -0.2) is 48.9 Å². The molecule has 0 aliphatic heterocycles. The van der Waals surface area contributed by atoms with Crippen LogP contribution in [0.5, 0.6) is 0 Å². The summed E-state index contributed by atoms with van der Waals surface area (Å²) in [6.07, 6.45) is -1.16. The summed E-state index contributed by atoms with van der Waals surface area (Å²) in [6, 6.07) is 8.12. The number of methoxy groups -OCH3 is 1. The Morgan fingerprint density at radius 2 is 1.80 bits per heavy atom. The molecule has 0 aliphatic rings. The number of benzene rings is 1. The topological polar surface area (TPSA) is 114 Å². The minimum atomic E-state index is -0.900. The fraction of sp³-hybridized carbons (Fsp3) is 0.556. The molecule has 1 aromatic carbocycles. The molecule has 7 nitrogen and oxygen atoms in total. The highest BCUT2D eigenvalue weighted by Crippen LogP contribution is 2.20. The molecule has 3 atom stereocenters. The molecular formula is C18H29N3O4. The van der Waals surface area contributed by atoms with Crippen molar-refractivity contribution in [2.75, 3.05) is 13.7 Å². The molecule has 140 valence electrons. The number of carbonyl (C=O) groups is 2. The first-order chi connectivity index (χ1) is 11.7. The Kier molecular flexibility index (Phi) is 7.86. The van der Waals surface area contributed by atoms with Crippen LogP contribution in [0.3, 0.4) is 0 Å². The molecule has 0 aliphatic carbocycles. The minimum absolute atomic E-state index is 0.0163. The molecule has 2 unspecified atom stereocenters. The first-order valence-corrected chi connectivity index (χ1v) is 8.26. The highest BCUT2D eigenvalue weighted by atomic mass is 16.5. The Morgan fingerprint density at radius 1 is 1.20 bits per heavy atom. The number of aliphatic hydroxyl groups excluding tert-OH is 1. The number of ether oxygens (including phenoxy) is 1. The second-order valence-corrected chi connectivity index (χ2v) is 7.04. The largest absolute Gasteiger partial charge is 0.453 e. The van der Waals surface area contributed by atoms with Crippen molar-refractivity contribution in [1.82, 2.24) is 10.6 Å². The lowest BCUT2D eigenvalue weighted by molar-refractivity contribution is -0.127. The number of aliphatic hydroxyl groups is 1. The fourth-order valence-electron chi connectivity index (χ4n) is 2.43. The molecule has 5 N–H and O–H groups in total. The van der Waals surface area contributed by atoms with E-state index in [2.05, 4.69) is 15.4 Å². The molecule has 7 heteroatoms. The SMILES string of the molecule is COC(=O)N[C@H](C(=O)NC(Cc1ccccc1)C(O)CN)C(C)(C)C. The summed E-state index contributed by atoms with van der Waals surface area (Å²) in [5, 5.41) is 15.5. The van der Waals surface area contributed by atoms with Crippen LogP contribution >= 0.6 is 0 Å². The van der Waals surface area contributed by atoms with E-state index in [-0.39, 0.29) is 6.54 Å². The van der Waals surface area contributed by atoms with Gasteiger partial charge in [-0.2, -0.15) is 0 Å². The summed E-state index contributed by atoms with van der Waals surface area (Å²) >= 11 is 0. The maximum atomic E-state index is 12.7. The number of carbonyl (C=O) groups excluding carboxylic acids is 2. The van der Waals surface area contributed by atoms with Gasteiger partial charge in [0, 0.05) is 6.54 Å². The number of alkyl carbamates (subject to hydrolysis) is 1. The van der Waals surface area contributed by atoms with Crippen LogP contribution in [0.1, 0.15) is 26.3 Å². The van der Waals surface area contributed by atoms with Gasteiger partial charge < -0.3 is 26.2 Å². The Hall–Kier alpha value is -2.12. The molecule has 0 radical (unpaired) electrons. The lowest BCUT2D eigenvalue weighted by atomic mass is 9.85. The van der Waals surface area contributed by atoms with Gasteiger partial charge in [0.25, 0.3) is 0 Å². The van der Waals surface area contributed by atoms with Crippen molar-refractivity contribution in [1.29, 1.82) is 0 Å². The van der Waals surface area contributed by atoms with Gasteiger partial charge in [-0.1, -0.05) is 51.1 Å². The standard InChI is InChI=1S/C18H29N3O4/c1-18(2,3)15(21-17(24)25-4)16(23)20-13(14(22)11-19)10-12-8-6-5-7-9-12/h5-9,13-15,22H,10-11,19H2,1-4H3,(H,20,23)(H,21,24)/t13?,14?,15-/m1/s1. The second kappa shape index (κ2) is 9.39. The van der Waals surface area contributed by atoms with E-state index in [9.17, 15) is 14.7 Å². The average Bonchev–Trinajstić information content (AvgIpc) is 2.57. The van der Waals surface area contributed by atoms with Crippen LogP contribution in [-0.2, 0) is 16.0 Å². The zero-order chi connectivity index (χ0) is 19.0. The zero-order valence-electron chi connectivity index (χ0n) is 15.3. The monoisotopic (exact) mass is 351 g/mol. The maximum absolute atomic E-state index is 12.7. The van der Waals surface area contributed by atoms with Crippen LogP contribution in [0, 0.1) is 5.41 Å². The highest BCUT2D eigenvalue weighted by molar-refractivity contribution is 5.86. The quantitative estimate of drug-likeness (QED) is 0.580. The van der Waals surface area contributed by atoms with Gasteiger partial charge in [-0.05, 0) is 17.4 Å². The molecule has 0 saturated carbocycles. The third kappa shape index (κ3) is 6.72. The molecule has 1 rings (SSSR count). The van der Waals surface area contributed by atoms with E-state index in [4.69, 9.17) is 5.73 Å². The minimum Gasteiger partial charge on any atom is -0.453 e. The van der Waals surface area contributed by atoms with Crippen molar-refractivity contribution in [3.63, 3.8) is 0 Å². The van der Waals surface area contributed by atoms with E-state index in [1.165, 1.54) is 7.11 Å². The Balaban J connectivity index is 2.92. The lowest BCUT2D eigenvalue weighted by Gasteiger charge is -2.32. The first kappa shape index (κ1) is 20.9. The molecule has 0 spiro atoms. The normalized spacial score (nSPS) is 15.0. The van der Waals surface area contributed by atoms with E-state index in [1.54, 1.807) is 0 Å². The number of nitrogens with two attached hydrogens (primary N) is 1. The first-order valence-electron chi connectivity index (χ1n) is 8.26. The molecule has 0 heterocycles. The summed E-state index contributed by atoms with van der Waals surface area (Å²) in [5.41, 5.74) is 6.00. The van der Waals surface area contributed by atoms with Gasteiger partial charge in [0.05, 0.1) is 19.3 Å². The van der Waals surface area contributed by atoms with Gasteiger partial charge in [0.2, 0.25) is 5.91 Å². The third-order valence-corrected chi connectivity index (χ3v) is 3.91. The molecule has 1 aromatic rings. The van der Waals surface area contributed by atoms with Gasteiger partial charge >= 0.3 is 6.09 Å². The van der Waals surface area contributed by atoms with Crippen molar-refractivity contribution < 1.29 is 19.4 Å². The molecule has 25 heavy (non-hydrogen) atoms. The molecule has 0 aromatic heterocycles. The van der Waals surface area contributed by atoms with Crippen molar-refractivity contribution >= 4 is 12.0 Å². The molecule has 2 amide bonds. The van der Waals surface area contributed by atoms with Gasteiger partial charge in [0.1, 0.15) is 6.04 Å². The van der Waals surface area contributed by atoms with Crippen molar-refractivity contribution in [2.24, 2.45) is 11.1 Å². The van der Waals surface area contributed by atoms with Crippen molar-refractivity contribution in [2.45, 2.75) is 45.4 Å². The van der Waals surface area contributed by atoms with Gasteiger partial charge in [-0.25, -0.2) is 4.79 Å². The van der Waals surface area contributed by atoms with Crippen LogP contribution in [0.4, 0.5) is 4.79 Å². The summed E-state index contributed by atoms with van der Waals surface area (Å²) in [4.78, 5) is 24.3. The smallest absolute Gasteiger partial charge is 0.407 e. The molecular weight excluding hydrogens is 322 g/mol.